The fourth-order valence-electron chi connectivity index (χ4n) is 1.99. The molecule has 0 fully saturated rings. The number of para-hydroxylation sites is 1. The Morgan fingerprint density at radius 1 is 1.11 bits per heavy atom. The standard InChI is InChI=1S/C17H15ClF3N3O3/c18-11-5-6-14(22-9-11)24-16(26)12-3-1-2-4-13(12)23-15(25)7-8-27-10-17(19,20)21/h1-6,9H,7-8,10H2,(H,23,25)(H,22,24,26). The van der Waals surface area contributed by atoms with Gasteiger partial charge < -0.3 is 15.4 Å². The monoisotopic (exact) mass is 401 g/mol. The molecular formula is C17H15ClF3N3O3. The lowest BCUT2D eigenvalue weighted by Crippen LogP contribution is -2.21. The largest absolute Gasteiger partial charge is 0.411 e. The summed E-state index contributed by atoms with van der Waals surface area (Å²) in [5, 5.41) is 5.45. The molecule has 1 heterocycles. The van der Waals surface area contributed by atoms with Gasteiger partial charge in [0, 0.05) is 6.20 Å². The minimum atomic E-state index is -4.45. The zero-order valence-corrected chi connectivity index (χ0v) is 14.6. The fourth-order valence-corrected chi connectivity index (χ4v) is 2.10. The molecule has 0 aliphatic heterocycles. The summed E-state index contributed by atoms with van der Waals surface area (Å²) in [5.74, 6) is -0.831. The molecule has 1 aromatic heterocycles. The number of amides is 2. The minimum absolute atomic E-state index is 0.166. The maximum atomic E-state index is 12.4. The van der Waals surface area contributed by atoms with E-state index in [2.05, 4.69) is 20.4 Å². The first-order valence-corrected chi connectivity index (χ1v) is 8.09. The number of halogens is 4. The second-order valence-electron chi connectivity index (χ2n) is 5.33. The highest BCUT2D eigenvalue weighted by molar-refractivity contribution is 6.30. The van der Waals surface area contributed by atoms with E-state index in [0.29, 0.717) is 5.02 Å². The molecule has 2 aromatic rings. The molecule has 144 valence electrons. The fraction of sp³-hybridized carbons (Fsp3) is 0.235. The van der Waals surface area contributed by atoms with Crippen molar-refractivity contribution in [2.24, 2.45) is 0 Å². The van der Waals surface area contributed by atoms with Crippen molar-refractivity contribution in [3.8, 4) is 0 Å². The van der Waals surface area contributed by atoms with E-state index in [1.54, 1.807) is 18.2 Å². The number of nitrogens with one attached hydrogen (secondary N) is 2. The average Bonchev–Trinajstić information content (AvgIpc) is 2.60. The number of alkyl halides is 3. The van der Waals surface area contributed by atoms with Crippen molar-refractivity contribution in [2.75, 3.05) is 23.8 Å². The Morgan fingerprint density at radius 3 is 2.52 bits per heavy atom. The smallest absolute Gasteiger partial charge is 0.372 e. The van der Waals surface area contributed by atoms with Gasteiger partial charge in [-0.05, 0) is 24.3 Å². The number of rotatable bonds is 7. The van der Waals surface area contributed by atoms with Gasteiger partial charge in [-0.3, -0.25) is 9.59 Å². The molecule has 27 heavy (non-hydrogen) atoms. The van der Waals surface area contributed by atoms with Gasteiger partial charge in [-0.15, -0.1) is 0 Å². The molecular weight excluding hydrogens is 387 g/mol. The minimum Gasteiger partial charge on any atom is -0.372 e. The number of benzene rings is 1. The van der Waals surface area contributed by atoms with Crippen LogP contribution in [0.4, 0.5) is 24.7 Å². The van der Waals surface area contributed by atoms with Gasteiger partial charge in [0.2, 0.25) is 5.91 Å². The number of anilines is 2. The van der Waals surface area contributed by atoms with E-state index in [1.165, 1.54) is 24.4 Å². The van der Waals surface area contributed by atoms with E-state index < -0.39 is 31.2 Å². The second-order valence-corrected chi connectivity index (χ2v) is 5.76. The van der Waals surface area contributed by atoms with Crippen LogP contribution in [0.5, 0.6) is 0 Å². The van der Waals surface area contributed by atoms with Gasteiger partial charge >= 0.3 is 6.18 Å². The van der Waals surface area contributed by atoms with Crippen molar-refractivity contribution in [2.45, 2.75) is 12.6 Å². The maximum Gasteiger partial charge on any atom is 0.411 e. The van der Waals surface area contributed by atoms with Crippen LogP contribution < -0.4 is 10.6 Å². The molecule has 0 saturated heterocycles. The molecule has 0 aliphatic carbocycles. The third-order valence-electron chi connectivity index (χ3n) is 3.15. The number of aromatic nitrogens is 1. The van der Waals surface area contributed by atoms with Crippen LogP contribution in [-0.4, -0.2) is 36.2 Å². The van der Waals surface area contributed by atoms with Gasteiger partial charge in [0.05, 0.1) is 29.3 Å². The summed E-state index contributed by atoms with van der Waals surface area (Å²) >= 11 is 5.73. The summed E-state index contributed by atoms with van der Waals surface area (Å²) in [4.78, 5) is 28.2. The molecule has 0 saturated carbocycles. The van der Waals surface area contributed by atoms with E-state index in [1.807, 2.05) is 0 Å². The van der Waals surface area contributed by atoms with Crippen molar-refractivity contribution >= 4 is 34.9 Å². The Morgan fingerprint density at radius 2 is 1.85 bits per heavy atom. The summed E-state index contributed by atoms with van der Waals surface area (Å²) in [6.45, 7) is -1.82. The zero-order valence-electron chi connectivity index (χ0n) is 13.8. The molecule has 2 rings (SSSR count). The van der Waals surface area contributed by atoms with E-state index in [0.717, 1.165) is 0 Å². The molecule has 6 nitrogen and oxygen atoms in total. The first-order valence-electron chi connectivity index (χ1n) is 7.71. The van der Waals surface area contributed by atoms with Crippen LogP contribution in [-0.2, 0) is 9.53 Å². The van der Waals surface area contributed by atoms with Crippen LogP contribution >= 0.6 is 11.6 Å². The lowest BCUT2D eigenvalue weighted by molar-refractivity contribution is -0.174. The van der Waals surface area contributed by atoms with Gasteiger partial charge in [-0.2, -0.15) is 13.2 Å². The van der Waals surface area contributed by atoms with Crippen molar-refractivity contribution in [3.63, 3.8) is 0 Å². The summed E-state index contributed by atoms with van der Waals surface area (Å²) < 4.78 is 40.4. The summed E-state index contributed by atoms with van der Waals surface area (Å²) in [7, 11) is 0. The molecule has 0 aliphatic rings. The van der Waals surface area contributed by atoms with Crippen molar-refractivity contribution in [1.29, 1.82) is 0 Å². The third kappa shape index (κ3) is 7.24. The van der Waals surface area contributed by atoms with E-state index in [-0.39, 0.29) is 23.5 Å². The van der Waals surface area contributed by atoms with E-state index >= 15 is 0 Å². The normalized spacial score (nSPS) is 11.1. The van der Waals surface area contributed by atoms with Crippen LogP contribution in [0.3, 0.4) is 0 Å². The third-order valence-corrected chi connectivity index (χ3v) is 3.38. The molecule has 0 bridgehead atoms. The van der Waals surface area contributed by atoms with Crippen LogP contribution in [0.15, 0.2) is 42.6 Å². The van der Waals surface area contributed by atoms with Gasteiger partial charge in [0.1, 0.15) is 12.4 Å². The Labute approximate surface area is 157 Å². The molecule has 2 N–H and O–H groups in total. The number of hydrogen-bond donors (Lipinski definition) is 2. The quantitative estimate of drug-likeness (QED) is 0.690. The van der Waals surface area contributed by atoms with E-state index in [9.17, 15) is 22.8 Å². The first-order chi connectivity index (χ1) is 12.7. The highest BCUT2D eigenvalue weighted by Crippen LogP contribution is 2.18. The Balaban J connectivity index is 1.95. The molecule has 0 spiro atoms. The van der Waals surface area contributed by atoms with Crippen LogP contribution in [0.2, 0.25) is 5.02 Å². The average molecular weight is 402 g/mol. The number of carbonyl (C=O) groups is 2. The van der Waals surface area contributed by atoms with Gasteiger partial charge in [-0.25, -0.2) is 4.98 Å². The van der Waals surface area contributed by atoms with Gasteiger partial charge in [0.25, 0.3) is 5.91 Å². The molecule has 0 atom stereocenters. The van der Waals surface area contributed by atoms with Crippen molar-refractivity contribution in [3.05, 3.63) is 53.2 Å². The number of ether oxygens (including phenoxy) is 1. The van der Waals surface area contributed by atoms with Crippen LogP contribution in [0.1, 0.15) is 16.8 Å². The SMILES string of the molecule is O=C(CCOCC(F)(F)F)Nc1ccccc1C(=O)Nc1ccc(Cl)cn1. The predicted octanol–water partition coefficient (Wildman–Crippen LogP) is 3.89. The summed E-state index contributed by atoms with van der Waals surface area (Å²) in [5.41, 5.74) is 0.378. The van der Waals surface area contributed by atoms with Crippen LogP contribution in [0, 0.1) is 0 Å². The number of hydrogen-bond acceptors (Lipinski definition) is 4. The molecule has 2 amide bonds. The lowest BCUT2D eigenvalue weighted by atomic mass is 10.1. The second kappa shape index (κ2) is 9.33. The highest BCUT2D eigenvalue weighted by Gasteiger charge is 2.27. The maximum absolute atomic E-state index is 12.4. The zero-order chi connectivity index (χ0) is 19.9. The Kier molecular flexibility index (Phi) is 7.14. The summed E-state index contributed by atoms with van der Waals surface area (Å²) in [6.07, 6.45) is -3.37. The Bertz CT molecular complexity index is 798. The number of pyridine rings is 1. The molecule has 0 radical (unpaired) electrons. The van der Waals surface area contributed by atoms with Gasteiger partial charge in [-0.1, -0.05) is 23.7 Å². The molecule has 0 unspecified atom stereocenters. The topological polar surface area (TPSA) is 80.3 Å². The van der Waals surface area contributed by atoms with E-state index in [4.69, 9.17) is 11.6 Å². The highest BCUT2D eigenvalue weighted by atomic mass is 35.5. The van der Waals surface area contributed by atoms with Gasteiger partial charge in [0.15, 0.2) is 0 Å². The number of nitrogens with zero attached hydrogens (tertiary/aromatic N) is 1. The molecule has 1 aromatic carbocycles. The predicted molar refractivity (Wildman–Crippen MR) is 93.8 cm³/mol. The van der Waals surface area contributed by atoms with Crippen LogP contribution in [0.25, 0.3) is 0 Å². The number of carbonyl (C=O) groups excluding carboxylic acids is 2. The van der Waals surface area contributed by atoms with Crippen molar-refractivity contribution in [1.82, 2.24) is 4.98 Å². The van der Waals surface area contributed by atoms with Crippen molar-refractivity contribution < 1.29 is 27.5 Å². The molecule has 10 heteroatoms. The Hall–Kier alpha value is -2.65. The lowest BCUT2D eigenvalue weighted by Gasteiger charge is -2.12. The summed E-state index contributed by atoms with van der Waals surface area (Å²) in [6, 6.07) is 9.26. The first kappa shape index (κ1) is 20.7.